The highest BCUT2D eigenvalue weighted by atomic mass is 32.2. The van der Waals surface area contributed by atoms with Crippen molar-refractivity contribution in [1.29, 1.82) is 0 Å². The summed E-state index contributed by atoms with van der Waals surface area (Å²) in [4.78, 5) is 28.7. The molecule has 0 spiro atoms. The van der Waals surface area contributed by atoms with E-state index in [-0.39, 0.29) is 23.4 Å². The second kappa shape index (κ2) is 12.6. The highest BCUT2D eigenvalue weighted by molar-refractivity contribution is 7.92. The molecule has 1 N–H and O–H groups in total. The van der Waals surface area contributed by atoms with Crippen LogP contribution in [0.2, 0.25) is 0 Å². The maximum absolute atomic E-state index is 14.0. The zero-order valence-corrected chi connectivity index (χ0v) is 24.0. The molecule has 4 rings (SSSR count). The Balaban J connectivity index is 1.69. The molecule has 0 saturated heterocycles. The monoisotopic (exact) mass is 565 g/mol. The molecule has 0 aliphatic heterocycles. The molecule has 40 heavy (non-hydrogen) atoms. The molecule has 2 amide bonds. The number of sulfonamides is 1. The molecule has 0 bridgehead atoms. The maximum Gasteiger partial charge on any atom is 0.264 e. The fourth-order valence-corrected chi connectivity index (χ4v) is 6.52. The number of benzene rings is 3. The average Bonchev–Trinajstić information content (AvgIpc) is 3.43. The summed E-state index contributed by atoms with van der Waals surface area (Å²) < 4.78 is 42.5. The first-order valence-corrected chi connectivity index (χ1v) is 15.0. The molecule has 1 fully saturated rings. The quantitative estimate of drug-likeness (QED) is 0.370. The number of halogens is 1. The van der Waals surface area contributed by atoms with Gasteiger partial charge in [-0.2, -0.15) is 0 Å². The third-order valence-corrected chi connectivity index (χ3v) is 9.03. The second-order valence-corrected chi connectivity index (χ2v) is 12.3. The predicted molar refractivity (Wildman–Crippen MR) is 154 cm³/mol. The molecule has 0 radical (unpaired) electrons. The fraction of sp³-hybridized carbons (Fsp3) is 0.355. The lowest BCUT2D eigenvalue weighted by Crippen LogP contribution is -2.52. The zero-order chi connectivity index (χ0) is 28.9. The Labute approximate surface area is 236 Å². The van der Waals surface area contributed by atoms with Gasteiger partial charge in [-0.05, 0) is 86.7 Å². The first-order valence-electron chi connectivity index (χ1n) is 13.5. The number of carbonyl (C=O) groups is 2. The molecule has 1 aliphatic rings. The number of nitrogens with one attached hydrogen (secondary N) is 1. The first kappa shape index (κ1) is 29.3. The molecule has 7 nitrogen and oxygen atoms in total. The van der Waals surface area contributed by atoms with Gasteiger partial charge in [0.25, 0.3) is 10.0 Å². The number of carbonyl (C=O) groups excluding carboxylic acids is 2. The van der Waals surface area contributed by atoms with Crippen LogP contribution in [0.25, 0.3) is 0 Å². The molecule has 1 saturated carbocycles. The van der Waals surface area contributed by atoms with E-state index in [2.05, 4.69) is 5.32 Å². The van der Waals surface area contributed by atoms with Crippen molar-refractivity contribution in [2.24, 2.45) is 0 Å². The lowest BCUT2D eigenvalue weighted by atomic mass is 10.1. The van der Waals surface area contributed by atoms with Crippen molar-refractivity contribution < 1.29 is 22.4 Å². The third kappa shape index (κ3) is 7.07. The standard InChI is InChI=1S/C31H36FN3O4S/c1-22-17-23(2)19-28(18-22)35(40(38,39)29-11-5-4-6-12-29)21-30(36)34(20-25-13-15-26(32)16-14-25)24(3)31(37)33-27-9-7-8-10-27/h4-6,11-19,24,27H,7-10,20-21H2,1-3H3,(H,33,37)/t24-/m0/s1. The van der Waals surface area contributed by atoms with Crippen LogP contribution in [0.1, 0.15) is 49.3 Å². The molecular formula is C31H36FN3O4S. The lowest BCUT2D eigenvalue weighted by Gasteiger charge is -2.32. The predicted octanol–water partition coefficient (Wildman–Crippen LogP) is 5.11. The molecule has 0 aromatic heterocycles. The number of aryl methyl sites for hydroxylation is 2. The van der Waals surface area contributed by atoms with Crippen LogP contribution in [-0.4, -0.2) is 43.8 Å². The van der Waals surface area contributed by atoms with E-state index < -0.39 is 34.3 Å². The van der Waals surface area contributed by atoms with Gasteiger partial charge < -0.3 is 10.2 Å². The molecule has 9 heteroatoms. The summed E-state index contributed by atoms with van der Waals surface area (Å²) in [5, 5.41) is 3.04. The summed E-state index contributed by atoms with van der Waals surface area (Å²) in [6, 6.07) is 18.2. The van der Waals surface area contributed by atoms with Gasteiger partial charge in [0.05, 0.1) is 10.6 Å². The van der Waals surface area contributed by atoms with Crippen LogP contribution in [0, 0.1) is 19.7 Å². The van der Waals surface area contributed by atoms with Gasteiger partial charge >= 0.3 is 0 Å². The van der Waals surface area contributed by atoms with Gasteiger partial charge in [0, 0.05) is 12.6 Å². The molecular weight excluding hydrogens is 529 g/mol. The average molecular weight is 566 g/mol. The van der Waals surface area contributed by atoms with E-state index in [0.29, 0.717) is 11.3 Å². The van der Waals surface area contributed by atoms with E-state index >= 15 is 0 Å². The molecule has 3 aromatic carbocycles. The zero-order valence-electron chi connectivity index (χ0n) is 23.1. The number of rotatable bonds is 10. The number of hydrogen-bond acceptors (Lipinski definition) is 4. The summed E-state index contributed by atoms with van der Waals surface area (Å²) in [6.45, 7) is 4.87. The van der Waals surface area contributed by atoms with Crippen molar-refractivity contribution in [1.82, 2.24) is 10.2 Å². The van der Waals surface area contributed by atoms with Gasteiger partial charge in [0.2, 0.25) is 11.8 Å². The summed E-state index contributed by atoms with van der Waals surface area (Å²) in [7, 11) is -4.12. The maximum atomic E-state index is 14.0. The smallest absolute Gasteiger partial charge is 0.264 e. The first-order chi connectivity index (χ1) is 19.0. The van der Waals surface area contributed by atoms with Gasteiger partial charge in [-0.25, -0.2) is 12.8 Å². The summed E-state index contributed by atoms with van der Waals surface area (Å²) in [6.07, 6.45) is 3.86. The Morgan fingerprint density at radius 2 is 1.55 bits per heavy atom. The summed E-state index contributed by atoms with van der Waals surface area (Å²) >= 11 is 0. The molecule has 1 atom stereocenters. The second-order valence-electron chi connectivity index (χ2n) is 10.5. The Hall–Kier alpha value is -3.72. The van der Waals surface area contributed by atoms with E-state index in [0.717, 1.165) is 41.1 Å². The van der Waals surface area contributed by atoms with Crippen molar-refractivity contribution in [3.63, 3.8) is 0 Å². The van der Waals surface area contributed by atoms with E-state index in [1.54, 1.807) is 49.4 Å². The third-order valence-electron chi connectivity index (χ3n) is 7.24. The number of anilines is 1. The van der Waals surface area contributed by atoms with E-state index in [1.165, 1.54) is 29.2 Å². The van der Waals surface area contributed by atoms with Gasteiger partial charge in [0.15, 0.2) is 0 Å². The molecule has 0 unspecified atom stereocenters. The van der Waals surface area contributed by atoms with Gasteiger partial charge in [-0.15, -0.1) is 0 Å². The normalized spacial score (nSPS) is 14.5. The van der Waals surface area contributed by atoms with Crippen LogP contribution in [0.15, 0.2) is 77.7 Å². The van der Waals surface area contributed by atoms with Crippen LogP contribution in [0.4, 0.5) is 10.1 Å². The summed E-state index contributed by atoms with van der Waals surface area (Å²) in [5.41, 5.74) is 2.69. The van der Waals surface area contributed by atoms with Crippen LogP contribution in [0.3, 0.4) is 0 Å². The number of hydrogen-bond donors (Lipinski definition) is 1. The van der Waals surface area contributed by atoms with Crippen LogP contribution >= 0.6 is 0 Å². The van der Waals surface area contributed by atoms with Crippen molar-refractivity contribution in [3.8, 4) is 0 Å². The van der Waals surface area contributed by atoms with Crippen molar-refractivity contribution in [2.45, 2.75) is 70.0 Å². The van der Waals surface area contributed by atoms with Crippen LogP contribution in [-0.2, 0) is 26.2 Å². The Morgan fingerprint density at radius 3 is 2.15 bits per heavy atom. The largest absolute Gasteiger partial charge is 0.352 e. The van der Waals surface area contributed by atoms with E-state index in [9.17, 15) is 22.4 Å². The molecule has 3 aromatic rings. The Bertz CT molecular complexity index is 1420. The van der Waals surface area contributed by atoms with Crippen molar-refractivity contribution >= 4 is 27.5 Å². The minimum absolute atomic E-state index is 0.0183. The van der Waals surface area contributed by atoms with Gasteiger partial charge in [-0.3, -0.25) is 13.9 Å². The topological polar surface area (TPSA) is 86.8 Å². The molecule has 1 aliphatic carbocycles. The minimum atomic E-state index is -4.12. The molecule has 0 heterocycles. The highest BCUT2D eigenvalue weighted by Crippen LogP contribution is 2.27. The SMILES string of the molecule is Cc1cc(C)cc(N(CC(=O)N(Cc2ccc(F)cc2)[C@@H](C)C(=O)NC2CCCC2)S(=O)(=O)c2ccccc2)c1. The Morgan fingerprint density at radius 1 is 0.950 bits per heavy atom. The van der Waals surface area contributed by atoms with E-state index in [4.69, 9.17) is 0 Å². The van der Waals surface area contributed by atoms with Crippen molar-refractivity contribution in [3.05, 3.63) is 95.3 Å². The van der Waals surface area contributed by atoms with Gasteiger partial charge in [-0.1, -0.05) is 49.2 Å². The Kier molecular flexibility index (Phi) is 9.25. The lowest BCUT2D eigenvalue weighted by molar-refractivity contribution is -0.139. The number of amides is 2. The van der Waals surface area contributed by atoms with Crippen LogP contribution in [0.5, 0.6) is 0 Å². The number of nitrogens with zero attached hydrogens (tertiary/aromatic N) is 2. The molecule has 212 valence electrons. The summed E-state index contributed by atoms with van der Waals surface area (Å²) in [5.74, 6) is -1.26. The van der Waals surface area contributed by atoms with Crippen molar-refractivity contribution in [2.75, 3.05) is 10.8 Å². The van der Waals surface area contributed by atoms with Crippen LogP contribution < -0.4 is 9.62 Å². The van der Waals surface area contributed by atoms with E-state index in [1.807, 2.05) is 19.9 Å². The minimum Gasteiger partial charge on any atom is -0.352 e. The van der Waals surface area contributed by atoms with Gasteiger partial charge in [0.1, 0.15) is 18.4 Å². The fourth-order valence-electron chi connectivity index (χ4n) is 5.10. The highest BCUT2D eigenvalue weighted by Gasteiger charge is 2.33.